The molecule has 1 aromatic rings. The zero-order chi connectivity index (χ0) is 17.7. The summed E-state index contributed by atoms with van der Waals surface area (Å²) in [7, 11) is -3.07. The Morgan fingerprint density at radius 2 is 2.04 bits per heavy atom. The molecular formula is C16H22N2O5S. The fraction of sp³-hybridized carbons (Fsp3) is 0.500. The van der Waals surface area contributed by atoms with Gasteiger partial charge < -0.3 is 15.4 Å². The summed E-state index contributed by atoms with van der Waals surface area (Å²) in [4.78, 5) is 25.4. The maximum atomic E-state index is 12.5. The highest BCUT2D eigenvalue weighted by atomic mass is 32.2. The number of benzene rings is 1. The standard InChI is InChI=1S/C16H22N2O5S/c1-2-8-18(12-7-9-24(21,22)11-12)15(19)10-23-14-6-4-3-5-13(14)16(17)20/h3-6,12H,2,7-11H2,1H3,(H2,17,20). The Bertz CT molecular complexity index is 717. The molecule has 0 bridgehead atoms. The van der Waals surface area contributed by atoms with Crippen molar-refractivity contribution in [1.29, 1.82) is 0 Å². The second kappa shape index (κ2) is 7.65. The van der Waals surface area contributed by atoms with Crippen molar-refractivity contribution in [1.82, 2.24) is 4.90 Å². The molecule has 2 rings (SSSR count). The van der Waals surface area contributed by atoms with Gasteiger partial charge in [0, 0.05) is 12.6 Å². The van der Waals surface area contributed by atoms with Crippen LogP contribution >= 0.6 is 0 Å². The van der Waals surface area contributed by atoms with E-state index in [2.05, 4.69) is 0 Å². The number of amides is 2. The highest BCUT2D eigenvalue weighted by Crippen LogP contribution is 2.20. The molecule has 0 spiro atoms. The number of carbonyl (C=O) groups excluding carboxylic acids is 2. The first-order valence-electron chi connectivity index (χ1n) is 7.85. The van der Waals surface area contributed by atoms with Crippen LogP contribution in [0.4, 0.5) is 0 Å². The van der Waals surface area contributed by atoms with Crippen LogP contribution in [0.15, 0.2) is 24.3 Å². The minimum absolute atomic E-state index is 0.00336. The summed E-state index contributed by atoms with van der Waals surface area (Å²) in [6, 6.07) is 6.12. The summed E-state index contributed by atoms with van der Waals surface area (Å²) in [6.07, 6.45) is 1.17. The summed E-state index contributed by atoms with van der Waals surface area (Å²) in [5, 5.41) is 0. The average Bonchev–Trinajstić information content (AvgIpc) is 2.90. The smallest absolute Gasteiger partial charge is 0.260 e. The van der Waals surface area contributed by atoms with Crippen LogP contribution in [0, 0.1) is 0 Å². The molecule has 1 atom stereocenters. The Morgan fingerprint density at radius 3 is 2.62 bits per heavy atom. The summed E-state index contributed by atoms with van der Waals surface area (Å²) >= 11 is 0. The molecular weight excluding hydrogens is 332 g/mol. The maximum absolute atomic E-state index is 12.5. The number of nitrogens with zero attached hydrogens (tertiary/aromatic N) is 1. The van der Waals surface area contributed by atoms with Gasteiger partial charge in [-0.2, -0.15) is 0 Å². The van der Waals surface area contributed by atoms with Crippen molar-refractivity contribution in [2.75, 3.05) is 24.7 Å². The Morgan fingerprint density at radius 1 is 1.33 bits per heavy atom. The van der Waals surface area contributed by atoms with Gasteiger partial charge >= 0.3 is 0 Å². The third kappa shape index (κ3) is 4.47. The molecule has 1 heterocycles. The number of hydrogen-bond acceptors (Lipinski definition) is 5. The molecule has 132 valence electrons. The first kappa shape index (κ1) is 18.3. The van der Waals surface area contributed by atoms with Crippen molar-refractivity contribution in [3.63, 3.8) is 0 Å². The van der Waals surface area contributed by atoms with E-state index < -0.39 is 15.7 Å². The van der Waals surface area contributed by atoms with Gasteiger partial charge in [-0.25, -0.2) is 8.42 Å². The van der Waals surface area contributed by atoms with Gasteiger partial charge in [-0.1, -0.05) is 19.1 Å². The molecule has 0 aromatic heterocycles. The third-order valence-electron chi connectivity index (χ3n) is 3.94. The van der Waals surface area contributed by atoms with E-state index in [-0.39, 0.29) is 41.4 Å². The number of hydrogen-bond donors (Lipinski definition) is 1. The number of sulfone groups is 1. The topological polar surface area (TPSA) is 107 Å². The van der Waals surface area contributed by atoms with Crippen molar-refractivity contribution < 1.29 is 22.7 Å². The number of rotatable bonds is 7. The molecule has 0 saturated carbocycles. The minimum Gasteiger partial charge on any atom is -0.483 e. The van der Waals surface area contributed by atoms with E-state index >= 15 is 0 Å². The van der Waals surface area contributed by atoms with E-state index in [1.165, 1.54) is 6.07 Å². The lowest BCUT2D eigenvalue weighted by Gasteiger charge is -2.28. The molecule has 1 aliphatic rings. The Hall–Kier alpha value is -2.09. The number of carbonyl (C=O) groups is 2. The van der Waals surface area contributed by atoms with Crippen LogP contribution in [0.2, 0.25) is 0 Å². The van der Waals surface area contributed by atoms with Gasteiger partial charge in [-0.15, -0.1) is 0 Å². The van der Waals surface area contributed by atoms with Crippen LogP contribution in [0.3, 0.4) is 0 Å². The zero-order valence-corrected chi connectivity index (χ0v) is 14.4. The molecule has 0 aliphatic carbocycles. The highest BCUT2D eigenvalue weighted by Gasteiger charge is 2.34. The predicted octanol–water partition coefficient (Wildman–Crippen LogP) is 0.590. The van der Waals surface area contributed by atoms with Gasteiger partial charge in [0.25, 0.3) is 11.8 Å². The molecule has 1 saturated heterocycles. The Balaban J connectivity index is 2.05. The van der Waals surface area contributed by atoms with Crippen molar-refractivity contribution in [2.45, 2.75) is 25.8 Å². The second-order valence-electron chi connectivity index (χ2n) is 5.79. The molecule has 1 fully saturated rings. The van der Waals surface area contributed by atoms with Crippen molar-refractivity contribution in [3.05, 3.63) is 29.8 Å². The van der Waals surface area contributed by atoms with E-state index in [1.54, 1.807) is 23.1 Å². The van der Waals surface area contributed by atoms with Gasteiger partial charge in [0.05, 0.1) is 17.1 Å². The SMILES string of the molecule is CCCN(C(=O)COc1ccccc1C(N)=O)C1CCS(=O)(=O)C1. The molecule has 2 amide bonds. The van der Waals surface area contributed by atoms with Crippen LogP contribution in [-0.2, 0) is 14.6 Å². The van der Waals surface area contributed by atoms with Gasteiger partial charge in [0.15, 0.2) is 16.4 Å². The zero-order valence-electron chi connectivity index (χ0n) is 13.6. The van der Waals surface area contributed by atoms with Crippen molar-refractivity contribution in [2.24, 2.45) is 5.73 Å². The number of para-hydroxylation sites is 1. The molecule has 1 unspecified atom stereocenters. The van der Waals surface area contributed by atoms with Crippen LogP contribution in [0.25, 0.3) is 0 Å². The minimum atomic E-state index is -3.07. The largest absolute Gasteiger partial charge is 0.483 e. The lowest BCUT2D eigenvalue weighted by molar-refractivity contribution is -0.135. The first-order chi connectivity index (χ1) is 11.3. The fourth-order valence-corrected chi connectivity index (χ4v) is 4.52. The summed E-state index contributed by atoms with van der Waals surface area (Å²) in [5.41, 5.74) is 5.48. The van der Waals surface area contributed by atoms with Crippen molar-refractivity contribution >= 4 is 21.7 Å². The molecule has 1 aliphatic heterocycles. The maximum Gasteiger partial charge on any atom is 0.260 e. The fourth-order valence-electron chi connectivity index (χ4n) is 2.79. The van der Waals surface area contributed by atoms with Crippen LogP contribution in [0.5, 0.6) is 5.75 Å². The van der Waals surface area contributed by atoms with Crippen LogP contribution in [-0.4, -0.2) is 55.8 Å². The quantitative estimate of drug-likeness (QED) is 0.771. The summed E-state index contributed by atoms with van der Waals surface area (Å²) in [5.74, 6) is -0.579. The van der Waals surface area contributed by atoms with Gasteiger partial charge in [0.1, 0.15) is 5.75 Å². The summed E-state index contributed by atoms with van der Waals surface area (Å²) in [6.45, 7) is 2.13. The van der Waals surface area contributed by atoms with Crippen molar-refractivity contribution in [3.8, 4) is 5.75 Å². The number of primary amides is 1. The van der Waals surface area contributed by atoms with Gasteiger partial charge in [-0.3, -0.25) is 9.59 Å². The van der Waals surface area contributed by atoms with E-state index in [9.17, 15) is 18.0 Å². The third-order valence-corrected chi connectivity index (χ3v) is 5.69. The lowest BCUT2D eigenvalue weighted by atomic mass is 10.2. The van der Waals surface area contributed by atoms with Gasteiger partial charge in [-0.05, 0) is 25.0 Å². The molecule has 8 heteroatoms. The average molecular weight is 354 g/mol. The molecule has 0 radical (unpaired) electrons. The highest BCUT2D eigenvalue weighted by molar-refractivity contribution is 7.91. The molecule has 7 nitrogen and oxygen atoms in total. The van der Waals surface area contributed by atoms with E-state index in [4.69, 9.17) is 10.5 Å². The van der Waals surface area contributed by atoms with Gasteiger partial charge in [0.2, 0.25) is 0 Å². The summed E-state index contributed by atoms with van der Waals surface area (Å²) < 4.78 is 28.8. The first-order valence-corrected chi connectivity index (χ1v) is 9.67. The molecule has 1 aromatic carbocycles. The molecule has 24 heavy (non-hydrogen) atoms. The number of ether oxygens (including phenoxy) is 1. The lowest BCUT2D eigenvalue weighted by Crippen LogP contribution is -2.44. The van der Waals surface area contributed by atoms with Crippen LogP contribution in [0.1, 0.15) is 30.1 Å². The van der Waals surface area contributed by atoms with E-state index in [1.807, 2.05) is 6.92 Å². The molecule has 2 N–H and O–H groups in total. The van der Waals surface area contributed by atoms with Crippen LogP contribution < -0.4 is 10.5 Å². The Labute approximate surface area is 141 Å². The van der Waals surface area contributed by atoms with E-state index in [0.717, 1.165) is 6.42 Å². The van der Waals surface area contributed by atoms with E-state index in [0.29, 0.717) is 13.0 Å². The monoisotopic (exact) mass is 354 g/mol. The number of nitrogens with two attached hydrogens (primary N) is 1. The second-order valence-corrected chi connectivity index (χ2v) is 8.02. The Kier molecular flexibility index (Phi) is 5.82. The predicted molar refractivity (Wildman–Crippen MR) is 89.5 cm³/mol. The normalized spacial score (nSPS) is 19.0.